The molecule has 0 bridgehead atoms. The topological polar surface area (TPSA) is 36.9 Å². The molecule has 0 saturated carbocycles. The summed E-state index contributed by atoms with van der Waals surface area (Å²) in [5.41, 5.74) is -0.0164. The third-order valence-corrected chi connectivity index (χ3v) is 4.58. The Bertz CT molecular complexity index is 528. The molecule has 2 aliphatic rings. The van der Waals surface area contributed by atoms with Crippen LogP contribution in [0.4, 0.5) is 0 Å². The molecule has 0 spiro atoms. The van der Waals surface area contributed by atoms with Crippen LogP contribution in [0.15, 0.2) is 12.1 Å². The Kier molecular flexibility index (Phi) is 3.20. The molecule has 1 aromatic carbocycles. The van der Waals surface area contributed by atoms with E-state index in [1.54, 1.807) is 0 Å². The van der Waals surface area contributed by atoms with Crippen molar-refractivity contribution in [1.29, 1.82) is 0 Å². The zero-order valence-corrected chi connectivity index (χ0v) is 12.9. The minimum absolute atomic E-state index is 0.395. The summed E-state index contributed by atoms with van der Waals surface area (Å²) in [4.78, 5) is 0. The van der Waals surface area contributed by atoms with Crippen LogP contribution in [0.25, 0.3) is 0 Å². The SMILES string of the molecule is CC1(C)OB(c2ccc3c(c2Cl)OCCO3)OC1(C)C. The highest BCUT2D eigenvalue weighted by Crippen LogP contribution is 2.40. The summed E-state index contributed by atoms with van der Waals surface area (Å²) in [6.07, 6.45) is 0. The number of benzene rings is 1. The molecule has 3 rings (SSSR count). The van der Waals surface area contributed by atoms with Crippen molar-refractivity contribution in [1.82, 2.24) is 0 Å². The fourth-order valence-corrected chi connectivity index (χ4v) is 2.55. The second-order valence-electron chi connectivity index (χ2n) is 6.08. The molecule has 0 atom stereocenters. The highest BCUT2D eigenvalue weighted by molar-refractivity contribution is 6.66. The van der Waals surface area contributed by atoms with E-state index in [9.17, 15) is 0 Å². The van der Waals surface area contributed by atoms with Gasteiger partial charge < -0.3 is 18.8 Å². The first-order valence-electron chi connectivity index (χ1n) is 6.75. The van der Waals surface area contributed by atoms with E-state index in [4.69, 9.17) is 30.4 Å². The predicted molar refractivity (Wildman–Crippen MR) is 78.2 cm³/mol. The summed E-state index contributed by atoms with van der Waals surface area (Å²) in [5.74, 6) is 1.24. The van der Waals surface area contributed by atoms with Crippen LogP contribution in [0.5, 0.6) is 11.5 Å². The molecule has 0 N–H and O–H groups in total. The zero-order chi connectivity index (χ0) is 14.5. The number of hydrogen-bond donors (Lipinski definition) is 0. The Morgan fingerprint density at radius 3 is 2.25 bits per heavy atom. The van der Waals surface area contributed by atoms with Gasteiger partial charge in [-0.2, -0.15) is 0 Å². The van der Waals surface area contributed by atoms with Gasteiger partial charge in [0.1, 0.15) is 13.2 Å². The molecule has 4 nitrogen and oxygen atoms in total. The van der Waals surface area contributed by atoms with E-state index >= 15 is 0 Å². The normalized spacial score (nSPS) is 22.9. The van der Waals surface area contributed by atoms with E-state index in [1.165, 1.54) is 0 Å². The van der Waals surface area contributed by atoms with Crippen LogP contribution >= 0.6 is 11.6 Å². The molecule has 20 heavy (non-hydrogen) atoms. The van der Waals surface area contributed by atoms with Crippen LogP contribution in [-0.4, -0.2) is 31.5 Å². The molecule has 0 radical (unpaired) electrons. The van der Waals surface area contributed by atoms with E-state index in [2.05, 4.69) is 0 Å². The van der Waals surface area contributed by atoms with Gasteiger partial charge in [-0.3, -0.25) is 0 Å². The summed E-state index contributed by atoms with van der Waals surface area (Å²) < 4.78 is 23.1. The molecular formula is C14H18BClO4. The Morgan fingerprint density at radius 1 is 1.00 bits per heavy atom. The zero-order valence-electron chi connectivity index (χ0n) is 12.2. The largest absolute Gasteiger partial charge is 0.496 e. The molecule has 0 aromatic heterocycles. The summed E-state index contributed by atoms with van der Waals surface area (Å²) >= 11 is 6.43. The molecular weight excluding hydrogens is 278 g/mol. The first kappa shape index (κ1) is 14.0. The summed E-state index contributed by atoms with van der Waals surface area (Å²) in [6.45, 7) is 9.09. The Hall–Kier alpha value is -0.905. The molecule has 0 aliphatic carbocycles. The van der Waals surface area contributed by atoms with Crippen molar-refractivity contribution in [3.05, 3.63) is 17.2 Å². The molecule has 1 saturated heterocycles. The Labute approximate surface area is 124 Å². The van der Waals surface area contributed by atoms with Crippen molar-refractivity contribution < 1.29 is 18.8 Å². The van der Waals surface area contributed by atoms with E-state index in [-0.39, 0.29) is 0 Å². The fourth-order valence-electron chi connectivity index (χ4n) is 2.25. The smallest absolute Gasteiger partial charge is 0.486 e. The number of hydrogen-bond acceptors (Lipinski definition) is 4. The van der Waals surface area contributed by atoms with Crippen molar-refractivity contribution in [2.45, 2.75) is 38.9 Å². The molecule has 2 heterocycles. The molecule has 6 heteroatoms. The van der Waals surface area contributed by atoms with Crippen LogP contribution in [-0.2, 0) is 9.31 Å². The van der Waals surface area contributed by atoms with Crippen molar-refractivity contribution in [3.63, 3.8) is 0 Å². The van der Waals surface area contributed by atoms with Crippen molar-refractivity contribution in [3.8, 4) is 11.5 Å². The van der Waals surface area contributed by atoms with Gasteiger partial charge in [-0.05, 0) is 33.8 Å². The van der Waals surface area contributed by atoms with Gasteiger partial charge in [-0.25, -0.2) is 0 Å². The van der Waals surface area contributed by atoms with Crippen molar-refractivity contribution in [2.75, 3.05) is 13.2 Å². The molecule has 0 amide bonds. The molecule has 2 aliphatic heterocycles. The third-order valence-electron chi connectivity index (χ3n) is 4.19. The predicted octanol–water partition coefficient (Wildman–Crippen LogP) is 2.41. The molecule has 108 valence electrons. The standard InChI is InChI=1S/C14H18BClO4/c1-13(2)14(3,4)20-15(19-13)9-5-6-10-12(11(9)16)18-8-7-17-10/h5-6H,7-8H2,1-4H3. The highest BCUT2D eigenvalue weighted by Gasteiger charge is 2.52. The summed E-state index contributed by atoms with van der Waals surface area (Å²) in [5, 5.41) is 0.501. The summed E-state index contributed by atoms with van der Waals surface area (Å²) in [7, 11) is -0.497. The second-order valence-corrected chi connectivity index (χ2v) is 6.46. The minimum atomic E-state index is -0.497. The molecule has 1 fully saturated rings. The summed E-state index contributed by atoms with van der Waals surface area (Å²) in [6, 6.07) is 3.72. The van der Waals surface area contributed by atoms with Crippen LogP contribution in [0, 0.1) is 0 Å². The van der Waals surface area contributed by atoms with Gasteiger partial charge >= 0.3 is 7.12 Å². The average Bonchev–Trinajstić information content (AvgIpc) is 2.59. The number of ether oxygens (including phenoxy) is 2. The average molecular weight is 297 g/mol. The van der Waals surface area contributed by atoms with Gasteiger partial charge in [0.15, 0.2) is 11.5 Å². The number of halogens is 1. The lowest BCUT2D eigenvalue weighted by atomic mass is 9.79. The lowest BCUT2D eigenvalue weighted by molar-refractivity contribution is 0.00578. The number of rotatable bonds is 1. The van der Waals surface area contributed by atoms with Crippen molar-refractivity contribution in [2.24, 2.45) is 0 Å². The second kappa shape index (κ2) is 4.55. The van der Waals surface area contributed by atoms with E-state index < -0.39 is 18.3 Å². The van der Waals surface area contributed by atoms with Crippen LogP contribution in [0.1, 0.15) is 27.7 Å². The fraction of sp³-hybridized carbons (Fsp3) is 0.571. The van der Waals surface area contributed by atoms with E-state index in [1.807, 2.05) is 39.8 Å². The maximum absolute atomic E-state index is 6.43. The highest BCUT2D eigenvalue weighted by atomic mass is 35.5. The lowest BCUT2D eigenvalue weighted by Gasteiger charge is -2.32. The third kappa shape index (κ3) is 2.08. The quantitative estimate of drug-likeness (QED) is 0.746. The maximum Gasteiger partial charge on any atom is 0.496 e. The van der Waals surface area contributed by atoms with Gasteiger partial charge in [-0.1, -0.05) is 17.7 Å². The van der Waals surface area contributed by atoms with Crippen molar-refractivity contribution >= 4 is 24.2 Å². The molecule has 0 unspecified atom stereocenters. The van der Waals surface area contributed by atoms with Gasteiger partial charge in [-0.15, -0.1) is 0 Å². The van der Waals surface area contributed by atoms with E-state index in [0.717, 1.165) is 5.46 Å². The van der Waals surface area contributed by atoms with Crippen LogP contribution < -0.4 is 14.9 Å². The Morgan fingerprint density at radius 2 is 1.60 bits per heavy atom. The van der Waals surface area contributed by atoms with Gasteiger partial charge in [0.2, 0.25) is 0 Å². The lowest BCUT2D eigenvalue weighted by Crippen LogP contribution is -2.41. The number of fused-ring (bicyclic) bond motifs is 1. The van der Waals surface area contributed by atoms with Crippen LogP contribution in [0.2, 0.25) is 5.02 Å². The Balaban J connectivity index is 1.96. The van der Waals surface area contributed by atoms with Gasteiger partial charge in [0, 0.05) is 5.46 Å². The van der Waals surface area contributed by atoms with Gasteiger partial charge in [0.25, 0.3) is 0 Å². The van der Waals surface area contributed by atoms with E-state index in [0.29, 0.717) is 29.7 Å². The maximum atomic E-state index is 6.43. The monoisotopic (exact) mass is 296 g/mol. The first-order valence-corrected chi connectivity index (χ1v) is 7.13. The van der Waals surface area contributed by atoms with Gasteiger partial charge in [0.05, 0.1) is 16.2 Å². The minimum Gasteiger partial charge on any atom is -0.486 e. The molecule has 1 aromatic rings. The first-order chi connectivity index (χ1) is 9.32. The van der Waals surface area contributed by atoms with Crippen LogP contribution in [0.3, 0.4) is 0 Å².